The molecule has 1 heterocycles. The minimum atomic E-state index is 0.0141. The molecule has 16 heavy (non-hydrogen) atoms. The first-order valence-electron chi connectivity index (χ1n) is 5.68. The molecule has 2 heteroatoms. The van der Waals surface area contributed by atoms with Gasteiger partial charge in [0.05, 0.1) is 6.07 Å². The molecular weight excluding hydrogens is 196 g/mol. The predicted octanol–water partition coefficient (Wildman–Crippen LogP) is 2.90. The van der Waals surface area contributed by atoms with E-state index in [2.05, 4.69) is 42.2 Å². The van der Waals surface area contributed by atoms with Crippen LogP contribution in [0, 0.1) is 11.3 Å². The van der Waals surface area contributed by atoms with Crippen LogP contribution in [0.3, 0.4) is 0 Å². The Kier molecular flexibility index (Phi) is 3.38. The lowest BCUT2D eigenvalue weighted by atomic mass is 10.0. The molecule has 1 aliphatic rings. The maximum Gasteiger partial charge on any atom is 0.102 e. The second-order valence-corrected chi connectivity index (χ2v) is 4.14. The van der Waals surface area contributed by atoms with Crippen LogP contribution in [-0.4, -0.2) is 17.5 Å². The van der Waals surface area contributed by atoms with Crippen molar-refractivity contribution >= 4 is 0 Å². The van der Waals surface area contributed by atoms with Crippen molar-refractivity contribution in [3.8, 4) is 6.07 Å². The number of nitrogens with zero attached hydrogens (tertiary/aromatic N) is 2. The zero-order valence-corrected chi connectivity index (χ0v) is 9.50. The molecule has 0 spiro atoms. The van der Waals surface area contributed by atoms with Gasteiger partial charge >= 0.3 is 0 Å². The first-order valence-corrected chi connectivity index (χ1v) is 5.68. The molecule has 0 fully saturated rings. The maximum absolute atomic E-state index is 9.13. The van der Waals surface area contributed by atoms with Gasteiger partial charge in [-0.25, -0.2) is 0 Å². The molecule has 0 aliphatic carbocycles. The number of hydrogen-bond acceptors (Lipinski definition) is 2. The number of nitriles is 1. The molecule has 0 saturated heterocycles. The molecule has 1 aromatic carbocycles. The van der Waals surface area contributed by atoms with Crippen molar-refractivity contribution in [3.63, 3.8) is 0 Å². The van der Waals surface area contributed by atoms with Gasteiger partial charge in [-0.3, -0.25) is 4.90 Å². The van der Waals surface area contributed by atoms with Crippen molar-refractivity contribution < 1.29 is 0 Å². The largest absolute Gasteiger partial charge is 0.277 e. The summed E-state index contributed by atoms with van der Waals surface area (Å²) < 4.78 is 0. The summed E-state index contributed by atoms with van der Waals surface area (Å²) in [6.07, 6.45) is 5.09. The molecule has 1 aliphatic heterocycles. The van der Waals surface area contributed by atoms with Gasteiger partial charge in [0, 0.05) is 12.6 Å². The van der Waals surface area contributed by atoms with E-state index in [-0.39, 0.29) is 6.04 Å². The molecule has 2 rings (SSSR count). The van der Waals surface area contributed by atoms with Gasteiger partial charge in [0.2, 0.25) is 0 Å². The van der Waals surface area contributed by atoms with Gasteiger partial charge in [0.25, 0.3) is 0 Å². The summed E-state index contributed by atoms with van der Waals surface area (Å²) in [5.74, 6) is 0. The summed E-state index contributed by atoms with van der Waals surface area (Å²) in [5, 5.41) is 9.13. The summed E-state index contributed by atoms with van der Waals surface area (Å²) in [5.41, 5.74) is 1.28. The van der Waals surface area contributed by atoms with Crippen molar-refractivity contribution in [2.75, 3.05) is 6.54 Å². The summed E-state index contributed by atoms with van der Waals surface area (Å²) in [6, 6.07) is 13.1. The third kappa shape index (κ3) is 2.15. The summed E-state index contributed by atoms with van der Waals surface area (Å²) >= 11 is 0. The van der Waals surface area contributed by atoms with Crippen LogP contribution < -0.4 is 0 Å². The Morgan fingerprint density at radius 3 is 2.75 bits per heavy atom. The van der Waals surface area contributed by atoms with Gasteiger partial charge in [-0.05, 0) is 18.9 Å². The lowest BCUT2D eigenvalue weighted by Gasteiger charge is -2.34. The minimum absolute atomic E-state index is 0.0141. The highest BCUT2D eigenvalue weighted by Gasteiger charge is 2.24. The summed E-state index contributed by atoms with van der Waals surface area (Å²) in [7, 11) is 0. The molecule has 82 valence electrons. The molecule has 2 nitrogen and oxygen atoms in total. The van der Waals surface area contributed by atoms with Crippen molar-refractivity contribution in [3.05, 3.63) is 48.0 Å². The fraction of sp³-hybridized carbons (Fsp3) is 0.357. The van der Waals surface area contributed by atoms with Crippen LogP contribution in [0.2, 0.25) is 0 Å². The van der Waals surface area contributed by atoms with Crippen molar-refractivity contribution in [1.82, 2.24) is 4.90 Å². The zero-order valence-electron chi connectivity index (χ0n) is 9.50. The monoisotopic (exact) mass is 212 g/mol. The Labute approximate surface area is 96.8 Å². The molecule has 0 aromatic heterocycles. The Hall–Kier alpha value is -1.59. The highest BCUT2D eigenvalue weighted by molar-refractivity contribution is 5.20. The van der Waals surface area contributed by atoms with E-state index in [1.54, 1.807) is 0 Å². The SMILES string of the molecule is C[C@H](c1ccccc1)N1CC=CC[C@H]1C#N. The van der Waals surface area contributed by atoms with E-state index < -0.39 is 0 Å². The van der Waals surface area contributed by atoms with Crippen LogP contribution in [0.1, 0.15) is 24.9 Å². The van der Waals surface area contributed by atoms with E-state index in [1.165, 1.54) is 5.56 Å². The van der Waals surface area contributed by atoms with E-state index in [9.17, 15) is 0 Å². The van der Waals surface area contributed by atoms with Gasteiger partial charge in [0.15, 0.2) is 0 Å². The van der Waals surface area contributed by atoms with Crippen LogP contribution in [0.5, 0.6) is 0 Å². The quantitative estimate of drug-likeness (QED) is 0.705. The van der Waals surface area contributed by atoms with Gasteiger partial charge in [-0.2, -0.15) is 5.26 Å². The van der Waals surface area contributed by atoms with Crippen LogP contribution >= 0.6 is 0 Å². The Morgan fingerprint density at radius 1 is 1.31 bits per heavy atom. The second kappa shape index (κ2) is 4.96. The average Bonchev–Trinajstić information content (AvgIpc) is 2.39. The Balaban J connectivity index is 2.18. The third-order valence-corrected chi connectivity index (χ3v) is 3.17. The molecule has 0 amide bonds. The molecule has 0 unspecified atom stereocenters. The van der Waals surface area contributed by atoms with Crippen molar-refractivity contribution in [2.45, 2.75) is 25.4 Å². The highest BCUT2D eigenvalue weighted by Crippen LogP contribution is 2.25. The minimum Gasteiger partial charge on any atom is -0.277 e. The number of benzene rings is 1. The normalized spacial score (nSPS) is 22.6. The molecule has 0 radical (unpaired) electrons. The first-order chi connectivity index (χ1) is 7.83. The van der Waals surface area contributed by atoms with E-state index in [1.807, 2.05) is 18.2 Å². The second-order valence-electron chi connectivity index (χ2n) is 4.14. The van der Waals surface area contributed by atoms with E-state index in [4.69, 9.17) is 5.26 Å². The molecule has 1 aromatic rings. The molecule has 2 atom stereocenters. The zero-order chi connectivity index (χ0) is 11.4. The predicted molar refractivity (Wildman–Crippen MR) is 64.7 cm³/mol. The Bertz CT molecular complexity index is 402. The lowest BCUT2D eigenvalue weighted by molar-refractivity contribution is 0.189. The first kappa shape index (κ1) is 10.9. The standard InChI is InChI=1S/C14H16N2/c1-12(13-7-3-2-4-8-13)16-10-6-5-9-14(16)11-15/h2-8,12,14H,9-10H2,1H3/t12-,14+/m1/s1. The molecular formula is C14H16N2. The van der Waals surface area contributed by atoms with Crippen LogP contribution in [0.25, 0.3) is 0 Å². The lowest BCUT2D eigenvalue weighted by Crippen LogP contribution is -2.38. The van der Waals surface area contributed by atoms with Gasteiger partial charge < -0.3 is 0 Å². The fourth-order valence-electron chi connectivity index (χ4n) is 2.16. The average molecular weight is 212 g/mol. The summed E-state index contributed by atoms with van der Waals surface area (Å²) in [4.78, 5) is 2.25. The van der Waals surface area contributed by atoms with Crippen molar-refractivity contribution in [1.29, 1.82) is 5.26 Å². The van der Waals surface area contributed by atoms with Crippen LogP contribution in [0.4, 0.5) is 0 Å². The van der Waals surface area contributed by atoms with E-state index in [0.29, 0.717) is 6.04 Å². The molecule has 0 saturated carbocycles. The van der Waals surface area contributed by atoms with Gasteiger partial charge in [-0.15, -0.1) is 0 Å². The maximum atomic E-state index is 9.13. The van der Waals surface area contributed by atoms with Gasteiger partial charge in [0.1, 0.15) is 6.04 Å². The van der Waals surface area contributed by atoms with Gasteiger partial charge in [-0.1, -0.05) is 42.5 Å². The summed E-state index contributed by atoms with van der Waals surface area (Å²) in [6.45, 7) is 3.03. The fourth-order valence-corrected chi connectivity index (χ4v) is 2.16. The van der Waals surface area contributed by atoms with Crippen LogP contribution in [0.15, 0.2) is 42.5 Å². The number of hydrogen-bond donors (Lipinski definition) is 0. The Morgan fingerprint density at radius 2 is 2.06 bits per heavy atom. The van der Waals surface area contributed by atoms with Crippen molar-refractivity contribution in [2.24, 2.45) is 0 Å². The van der Waals surface area contributed by atoms with E-state index in [0.717, 1.165) is 13.0 Å². The smallest absolute Gasteiger partial charge is 0.102 e. The number of rotatable bonds is 2. The topological polar surface area (TPSA) is 27.0 Å². The van der Waals surface area contributed by atoms with Crippen LogP contribution in [-0.2, 0) is 0 Å². The molecule has 0 bridgehead atoms. The van der Waals surface area contributed by atoms with E-state index >= 15 is 0 Å². The third-order valence-electron chi connectivity index (χ3n) is 3.17. The highest BCUT2D eigenvalue weighted by atomic mass is 15.2. The molecule has 0 N–H and O–H groups in total.